The first-order chi connectivity index (χ1) is 16.2. The van der Waals surface area contributed by atoms with Crippen molar-refractivity contribution < 1.29 is 9.59 Å². The Morgan fingerprint density at radius 2 is 1.57 bits per heavy atom. The number of fused-ring (bicyclic) bond motifs is 4. The molecule has 1 spiro atoms. The van der Waals surface area contributed by atoms with Crippen LogP contribution in [0, 0.1) is 49.2 Å². The monoisotopic (exact) mass is 474 g/mol. The quantitative estimate of drug-likeness (QED) is 0.409. The first-order valence-electron chi connectivity index (χ1n) is 13.8. The fraction of sp³-hybridized carbons (Fsp3) is 0.774. The van der Waals surface area contributed by atoms with Gasteiger partial charge in [-0.05, 0) is 103 Å². The van der Waals surface area contributed by atoms with E-state index in [0.717, 1.165) is 32.1 Å². The zero-order chi connectivity index (χ0) is 25.4. The molecule has 6 aliphatic rings. The normalized spacial score (nSPS) is 51.8. The van der Waals surface area contributed by atoms with Crippen molar-refractivity contribution in [3.8, 4) is 6.07 Å². The van der Waals surface area contributed by atoms with Gasteiger partial charge in [0.25, 0.3) is 5.91 Å². The summed E-state index contributed by atoms with van der Waals surface area (Å²) in [6.07, 6.45) is 14.1. The Kier molecular flexibility index (Phi) is 4.25. The molecule has 1 aliphatic heterocycles. The van der Waals surface area contributed by atoms with Crippen LogP contribution in [0.2, 0.25) is 0 Å². The van der Waals surface area contributed by atoms with E-state index in [4.69, 9.17) is 0 Å². The predicted molar refractivity (Wildman–Crippen MR) is 136 cm³/mol. The van der Waals surface area contributed by atoms with Gasteiger partial charge in [0.2, 0.25) is 0 Å². The van der Waals surface area contributed by atoms with Gasteiger partial charge in [-0.3, -0.25) is 9.59 Å². The van der Waals surface area contributed by atoms with Gasteiger partial charge in [-0.2, -0.15) is 5.26 Å². The average Bonchev–Trinajstić information content (AvgIpc) is 2.93. The van der Waals surface area contributed by atoms with Crippen molar-refractivity contribution in [2.45, 2.75) is 105 Å². The summed E-state index contributed by atoms with van der Waals surface area (Å²) in [5.41, 5.74) is 0.913. The topological polar surface area (TPSA) is 61.2 Å². The lowest BCUT2D eigenvalue weighted by atomic mass is 9.29. The molecule has 4 heteroatoms. The van der Waals surface area contributed by atoms with Crippen molar-refractivity contribution in [1.82, 2.24) is 4.90 Å². The zero-order valence-corrected chi connectivity index (χ0v) is 22.8. The highest BCUT2D eigenvalue weighted by Gasteiger charge is 2.81. The lowest BCUT2D eigenvalue weighted by molar-refractivity contribution is -0.222. The lowest BCUT2D eigenvalue weighted by Crippen LogP contribution is -2.71. The van der Waals surface area contributed by atoms with Crippen LogP contribution in [0.4, 0.5) is 0 Å². The van der Waals surface area contributed by atoms with E-state index in [1.54, 1.807) is 4.90 Å². The predicted octanol–water partition coefficient (Wildman–Crippen LogP) is 6.38. The molecule has 0 aromatic carbocycles. The van der Waals surface area contributed by atoms with Crippen LogP contribution in [-0.4, -0.2) is 29.7 Å². The third kappa shape index (κ3) is 2.24. The number of carbonyl (C=O) groups is 2. The van der Waals surface area contributed by atoms with Crippen LogP contribution in [-0.2, 0) is 9.59 Å². The SMILES string of the molecule is CN1C(=O)C(C#N)=C[C@@]2(C)C3=CC(=O)[C@@]45CC[C@]6(CCC(C)(C)CC64C)CC[C@]5(C)[C@@]3(C)CC[C@H]12. The second-order valence-electron chi connectivity index (χ2n) is 14.9. The van der Waals surface area contributed by atoms with Crippen LogP contribution in [0.15, 0.2) is 23.3 Å². The molecular weight excluding hydrogens is 432 g/mol. The molecule has 0 aromatic rings. The number of ketones is 1. The molecule has 1 heterocycles. The summed E-state index contributed by atoms with van der Waals surface area (Å²) in [5.74, 6) is 0.168. The highest BCUT2D eigenvalue weighted by atomic mass is 16.2. The van der Waals surface area contributed by atoms with Crippen LogP contribution in [0.5, 0.6) is 0 Å². The molecule has 2 bridgehead atoms. The first-order valence-corrected chi connectivity index (χ1v) is 13.8. The van der Waals surface area contributed by atoms with Gasteiger partial charge in [0.1, 0.15) is 11.6 Å². The number of amides is 1. The highest BCUT2D eigenvalue weighted by Crippen LogP contribution is 2.85. The molecule has 4 saturated carbocycles. The summed E-state index contributed by atoms with van der Waals surface area (Å²) in [6.45, 7) is 14.4. The molecule has 0 saturated heterocycles. The molecule has 0 radical (unpaired) electrons. The minimum atomic E-state index is -0.485. The molecule has 0 N–H and O–H groups in total. The van der Waals surface area contributed by atoms with Gasteiger partial charge in [-0.1, -0.05) is 41.5 Å². The fourth-order valence-electron chi connectivity index (χ4n) is 11.6. The summed E-state index contributed by atoms with van der Waals surface area (Å²) in [5, 5.41) is 9.78. The van der Waals surface area contributed by atoms with Crippen molar-refractivity contribution in [3.05, 3.63) is 23.3 Å². The van der Waals surface area contributed by atoms with E-state index in [0.29, 0.717) is 11.2 Å². The van der Waals surface area contributed by atoms with E-state index in [-0.39, 0.29) is 44.6 Å². The van der Waals surface area contributed by atoms with Crippen LogP contribution in [0.1, 0.15) is 99.3 Å². The zero-order valence-electron chi connectivity index (χ0n) is 22.8. The van der Waals surface area contributed by atoms with Gasteiger partial charge in [0.05, 0.1) is 0 Å². The fourth-order valence-corrected chi connectivity index (χ4v) is 11.6. The largest absolute Gasteiger partial charge is 0.337 e. The minimum Gasteiger partial charge on any atom is -0.337 e. The third-order valence-corrected chi connectivity index (χ3v) is 13.5. The van der Waals surface area contributed by atoms with Crippen molar-refractivity contribution >= 4 is 11.7 Å². The Labute approximate surface area is 211 Å². The van der Waals surface area contributed by atoms with Crippen molar-refractivity contribution in [1.29, 1.82) is 5.26 Å². The van der Waals surface area contributed by atoms with Crippen LogP contribution < -0.4 is 0 Å². The molecular formula is C31H42N2O2. The number of allylic oxidation sites excluding steroid dienone is 1. The van der Waals surface area contributed by atoms with Crippen molar-refractivity contribution in [2.24, 2.45) is 37.9 Å². The molecule has 0 aromatic heterocycles. The maximum atomic E-state index is 14.7. The number of hydrogen-bond donors (Lipinski definition) is 0. The standard InChI is InChI=1S/C31H42N2O2/c1-25(2)10-12-30-13-11-28(5)27(4)9-8-22-26(3,17-20(18-32)24(35)33(22)7)21(27)16-23(34)31(28,15-14-30)29(30,6)19-25/h16-17,22H,8-15,19H2,1-7H3/t22-,26-,27-,28+,29?,30-,31+/m0/s1. The lowest BCUT2D eigenvalue weighted by Gasteiger charge is -2.74. The van der Waals surface area contributed by atoms with Gasteiger partial charge in [-0.15, -0.1) is 0 Å². The molecule has 1 amide bonds. The van der Waals surface area contributed by atoms with Gasteiger partial charge in [0, 0.05) is 23.9 Å². The molecule has 1 unspecified atom stereocenters. The summed E-state index contributed by atoms with van der Waals surface area (Å²) in [7, 11) is 1.84. The number of likely N-dealkylation sites (N-methyl/N-ethyl adjacent to an activating group) is 1. The smallest absolute Gasteiger partial charge is 0.264 e. The molecule has 7 atom stereocenters. The Hall–Kier alpha value is -1.89. The molecule has 188 valence electrons. The maximum absolute atomic E-state index is 14.7. The number of nitriles is 1. The van der Waals surface area contributed by atoms with E-state index < -0.39 is 5.41 Å². The molecule has 5 aliphatic carbocycles. The Bertz CT molecular complexity index is 1170. The van der Waals surface area contributed by atoms with Gasteiger partial charge in [-0.25, -0.2) is 0 Å². The Balaban J connectivity index is 1.60. The van der Waals surface area contributed by atoms with Gasteiger partial charge in [0.15, 0.2) is 5.78 Å². The van der Waals surface area contributed by atoms with Crippen LogP contribution >= 0.6 is 0 Å². The second kappa shape index (κ2) is 6.32. The minimum absolute atomic E-state index is 0.00710. The van der Waals surface area contributed by atoms with Crippen LogP contribution in [0.3, 0.4) is 0 Å². The summed E-state index contributed by atoms with van der Waals surface area (Å²) >= 11 is 0. The van der Waals surface area contributed by atoms with E-state index in [9.17, 15) is 14.9 Å². The first kappa shape index (κ1) is 23.5. The van der Waals surface area contributed by atoms with E-state index in [2.05, 4.69) is 53.7 Å². The molecule has 35 heavy (non-hydrogen) atoms. The summed E-state index contributed by atoms with van der Waals surface area (Å²) in [4.78, 5) is 29.4. The molecule has 6 rings (SSSR count). The third-order valence-electron chi connectivity index (χ3n) is 13.5. The van der Waals surface area contributed by atoms with E-state index >= 15 is 0 Å². The molecule has 4 nitrogen and oxygen atoms in total. The molecule has 4 fully saturated rings. The summed E-state index contributed by atoms with van der Waals surface area (Å²) in [6, 6.07) is 2.15. The number of nitrogens with zero attached hydrogens (tertiary/aromatic N) is 2. The van der Waals surface area contributed by atoms with Gasteiger partial charge >= 0.3 is 0 Å². The Morgan fingerprint density at radius 1 is 0.914 bits per heavy atom. The van der Waals surface area contributed by atoms with Crippen LogP contribution in [0.25, 0.3) is 0 Å². The van der Waals surface area contributed by atoms with E-state index in [1.165, 1.54) is 31.3 Å². The van der Waals surface area contributed by atoms with Gasteiger partial charge < -0.3 is 4.90 Å². The average molecular weight is 475 g/mol. The highest BCUT2D eigenvalue weighted by molar-refractivity contribution is 6.01. The van der Waals surface area contributed by atoms with Crippen molar-refractivity contribution in [3.63, 3.8) is 0 Å². The Morgan fingerprint density at radius 3 is 2.26 bits per heavy atom. The second-order valence-corrected chi connectivity index (χ2v) is 14.9. The van der Waals surface area contributed by atoms with Crippen molar-refractivity contribution in [2.75, 3.05) is 7.05 Å². The summed E-state index contributed by atoms with van der Waals surface area (Å²) < 4.78 is 0. The maximum Gasteiger partial charge on any atom is 0.264 e. The number of rotatable bonds is 0. The van der Waals surface area contributed by atoms with E-state index in [1.807, 2.05) is 13.1 Å². The number of carbonyl (C=O) groups excluding carboxylic acids is 2. The number of hydrogen-bond acceptors (Lipinski definition) is 3.